The van der Waals surface area contributed by atoms with Gasteiger partial charge in [0.2, 0.25) is 0 Å². The van der Waals surface area contributed by atoms with Crippen LogP contribution in [0.2, 0.25) is 0 Å². The summed E-state index contributed by atoms with van der Waals surface area (Å²) in [5.74, 6) is 0. The molecule has 0 aliphatic carbocycles. The first-order valence-electron chi connectivity index (χ1n) is 6.39. The SMILES string of the molecule is O=C(N=C=S)N1c2ccccc2CCc2ccccc21. The second-order valence-electron chi connectivity index (χ2n) is 4.58. The van der Waals surface area contributed by atoms with Gasteiger partial charge in [-0.05, 0) is 48.3 Å². The predicted molar refractivity (Wildman–Crippen MR) is 82.9 cm³/mol. The molecule has 4 heteroatoms. The first kappa shape index (κ1) is 12.7. The summed E-state index contributed by atoms with van der Waals surface area (Å²) in [4.78, 5) is 17.6. The largest absolute Gasteiger partial charge is 0.361 e. The number of aliphatic imine (C=N–C) groups is 1. The van der Waals surface area contributed by atoms with Crippen LogP contribution in [0.5, 0.6) is 0 Å². The number of fused-ring (bicyclic) bond motifs is 2. The molecular formula is C16H12N2OS. The van der Waals surface area contributed by atoms with E-state index in [1.54, 1.807) is 4.90 Å². The van der Waals surface area contributed by atoms with Crippen LogP contribution in [0.25, 0.3) is 0 Å². The van der Waals surface area contributed by atoms with Gasteiger partial charge in [0.15, 0.2) is 0 Å². The number of aryl methyl sites for hydroxylation is 2. The first-order valence-corrected chi connectivity index (χ1v) is 6.80. The zero-order valence-corrected chi connectivity index (χ0v) is 11.6. The molecule has 0 bridgehead atoms. The van der Waals surface area contributed by atoms with Crippen molar-refractivity contribution in [1.29, 1.82) is 0 Å². The number of hydrogen-bond donors (Lipinski definition) is 0. The van der Waals surface area contributed by atoms with E-state index in [2.05, 4.69) is 22.4 Å². The van der Waals surface area contributed by atoms with Gasteiger partial charge in [-0.3, -0.25) is 4.90 Å². The average molecular weight is 280 g/mol. The number of anilines is 2. The Kier molecular flexibility index (Phi) is 3.42. The monoisotopic (exact) mass is 280 g/mol. The number of rotatable bonds is 0. The van der Waals surface area contributed by atoms with Crippen molar-refractivity contribution < 1.29 is 4.79 Å². The number of carbonyl (C=O) groups excluding carboxylic acids is 1. The minimum atomic E-state index is -0.401. The standard InChI is InChI=1S/C16H12N2OS/c19-16(17-11-20)18-14-7-3-1-5-12(14)9-10-13-6-2-4-8-15(13)18/h1-8H,9-10H2. The molecule has 0 N–H and O–H groups in total. The van der Waals surface area contributed by atoms with Crippen molar-refractivity contribution in [2.24, 2.45) is 4.99 Å². The van der Waals surface area contributed by atoms with Gasteiger partial charge in [-0.1, -0.05) is 36.4 Å². The number of urea groups is 1. The Hall–Kier alpha value is -2.29. The van der Waals surface area contributed by atoms with E-state index >= 15 is 0 Å². The smallest absolute Gasteiger partial charge is 0.260 e. The van der Waals surface area contributed by atoms with Crippen molar-refractivity contribution in [3.63, 3.8) is 0 Å². The van der Waals surface area contributed by atoms with Gasteiger partial charge in [0, 0.05) is 0 Å². The number of benzene rings is 2. The van der Waals surface area contributed by atoms with E-state index in [0.717, 1.165) is 35.3 Å². The van der Waals surface area contributed by atoms with Crippen molar-refractivity contribution in [2.75, 3.05) is 4.90 Å². The topological polar surface area (TPSA) is 32.7 Å². The molecule has 0 saturated heterocycles. The van der Waals surface area contributed by atoms with Crippen molar-refractivity contribution in [2.45, 2.75) is 12.8 Å². The molecule has 98 valence electrons. The summed E-state index contributed by atoms with van der Waals surface area (Å²) in [7, 11) is 0. The summed E-state index contributed by atoms with van der Waals surface area (Å²) >= 11 is 4.56. The fourth-order valence-corrected chi connectivity index (χ4v) is 2.65. The number of nitrogens with zero attached hydrogens (tertiary/aromatic N) is 2. The number of isothiocyanates is 1. The van der Waals surface area contributed by atoms with Gasteiger partial charge < -0.3 is 0 Å². The first-order chi connectivity index (χ1) is 9.81. The third-order valence-electron chi connectivity index (χ3n) is 3.46. The van der Waals surface area contributed by atoms with E-state index in [1.807, 2.05) is 48.5 Å². The number of amides is 2. The van der Waals surface area contributed by atoms with Gasteiger partial charge >= 0.3 is 6.03 Å². The third kappa shape index (κ3) is 2.16. The van der Waals surface area contributed by atoms with E-state index in [1.165, 1.54) is 0 Å². The minimum absolute atomic E-state index is 0.401. The fourth-order valence-electron chi connectivity index (χ4n) is 2.57. The lowest BCUT2D eigenvalue weighted by Gasteiger charge is -2.22. The van der Waals surface area contributed by atoms with Gasteiger partial charge in [-0.2, -0.15) is 0 Å². The third-order valence-corrected chi connectivity index (χ3v) is 3.55. The van der Waals surface area contributed by atoms with Gasteiger partial charge in [0.1, 0.15) is 0 Å². The molecule has 0 saturated carbocycles. The Labute approximate surface area is 122 Å². The number of carbonyl (C=O) groups is 1. The molecule has 20 heavy (non-hydrogen) atoms. The maximum absolute atomic E-state index is 12.3. The highest BCUT2D eigenvalue weighted by atomic mass is 32.1. The molecule has 1 heterocycles. The molecule has 0 spiro atoms. The van der Waals surface area contributed by atoms with E-state index in [0.29, 0.717) is 0 Å². The number of thiocarbonyl (C=S) groups is 1. The highest BCUT2D eigenvalue weighted by Crippen LogP contribution is 2.36. The summed E-state index contributed by atoms with van der Waals surface area (Å²) in [5.41, 5.74) is 4.01. The van der Waals surface area contributed by atoms with Crippen LogP contribution in [-0.4, -0.2) is 11.2 Å². The van der Waals surface area contributed by atoms with Crippen molar-refractivity contribution in [3.05, 3.63) is 59.7 Å². The number of para-hydroxylation sites is 2. The molecular weight excluding hydrogens is 268 g/mol. The van der Waals surface area contributed by atoms with E-state index in [4.69, 9.17) is 0 Å². The Morgan fingerprint density at radius 2 is 1.50 bits per heavy atom. The molecule has 3 rings (SSSR count). The Morgan fingerprint density at radius 3 is 2.00 bits per heavy atom. The van der Waals surface area contributed by atoms with Crippen molar-refractivity contribution in [3.8, 4) is 0 Å². The van der Waals surface area contributed by atoms with Crippen LogP contribution in [-0.2, 0) is 12.8 Å². The van der Waals surface area contributed by atoms with Gasteiger partial charge in [-0.25, -0.2) is 4.79 Å². The van der Waals surface area contributed by atoms with Crippen LogP contribution in [0.4, 0.5) is 16.2 Å². The summed E-state index contributed by atoms with van der Waals surface area (Å²) in [6.45, 7) is 0. The van der Waals surface area contributed by atoms with Crippen LogP contribution in [0, 0.1) is 0 Å². The average Bonchev–Trinajstić information content (AvgIpc) is 2.64. The molecule has 2 amide bonds. The fraction of sp³-hybridized carbons (Fsp3) is 0.125. The molecule has 1 aliphatic heterocycles. The maximum atomic E-state index is 12.3. The normalized spacial score (nSPS) is 12.7. The Bertz CT molecular complexity index is 672. The Morgan fingerprint density at radius 1 is 1.00 bits per heavy atom. The Balaban J connectivity index is 2.24. The predicted octanol–water partition coefficient (Wildman–Crippen LogP) is 4.15. The molecule has 0 fully saturated rings. The van der Waals surface area contributed by atoms with E-state index < -0.39 is 6.03 Å². The lowest BCUT2D eigenvalue weighted by Crippen LogP contribution is -2.23. The summed E-state index contributed by atoms with van der Waals surface area (Å²) in [6, 6.07) is 15.4. The highest BCUT2D eigenvalue weighted by molar-refractivity contribution is 7.78. The van der Waals surface area contributed by atoms with E-state index in [-0.39, 0.29) is 0 Å². The second kappa shape index (κ2) is 5.37. The van der Waals surface area contributed by atoms with Crippen LogP contribution in [0.1, 0.15) is 11.1 Å². The molecule has 2 aromatic rings. The highest BCUT2D eigenvalue weighted by Gasteiger charge is 2.24. The quantitative estimate of drug-likeness (QED) is 0.536. The van der Waals surface area contributed by atoms with Gasteiger partial charge in [0.25, 0.3) is 0 Å². The van der Waals surface area contributed by atoms with Crippen LogP contribution in [0.15, 0.2) is 53.5 Å². The molecule has 0 atom stereocenters. The molecule has 0 radical (unpaired) electrons. The summed E-state index contributed by atoms with van der Waals surface area (Å²) < 4.78 is 0. The zero-order valence-electron chi connectivity index (χ0n) is 10.7. The van der Waals surface area contributed by atoms with Crippen molar-refractivity contribution in [1.82, 2.24) is 0 Å². The molecule has 0 unspecified atom stereocenters. The van der Waals surface area contributed by atoms with Crippen LogP contribution < -0.4 is 4.90 Å². The molecule has 1 aliphatic rings. The molecule has 3 nitrogen and oxygen atoms in total. The number of hydrogen-bond acceptors (Lipinski definition) is 2. The maximum Gasteiger partial charge on any atom is 0.361 e. The van der Waals surface area contributed by atoms with Crippen LogP contribution in [0.3, 0.4) is 0 Å². The molecule has 2 aromatic carbocycles. The lowest BCUT2D eigenvalue weighted by atomic mass is 10.0. The van der Waals surface area contributed by atoms with Gasteiger partial charge in [0.05, 0.1) is 16.5 Å². The van der Waals surface area contributed by atoms with Crippen LogP contribution >= 0.6 is 12.2 Å². The minimum Gasteiger partial charge on any atom is -0.260 e. The molecule has 0 aromatic heterocycles. The van der Waals surface area contributed by atoms with Gasteiger partial charge in [-0.15, -0.1) is 4.99 Å². The summed E-state index contributed by atoms with van der Waals surface area (Å²) in [6.07, 6.45) is 1.80. The summed E-state index contributed by atoms with van der Waals surface area (Å²) in [5, 5.41) is 2.16. The lowest BCUT2D eigenvalue weighted by molar-refractivity contribution is 0.256. The van der Waals surface area contributed by atoms with Crippen molar-refractivity contribution >= 4 is 34.8 Å². The zero-order chi connectivity index (χ0) is 13.9. The van der Waals surface area contributed by atoms with E-state index in [9.17, 15) is 4.79 Å². The second-order valence-corrected chi connectivity index (χ2v) is 4.76.